The lowest BCUT2D eigenvalue weighted by molar-refractivity contribution is -0.144. The fourth-order valence-electron chi connectivity index (χ4n) is 5.42. The number of hydrogen-bond donors (Lipinski definition) is 0. The maximum atomic E-state index is 13.7. The summed E-state index contributed by atoms with van der Waals surface area (Å²) in [6.45, 7) is 5.80. The van der Waals surface area contributed by atoms with Crippen LogP contribution in [0.3, 0.4) is 0 Å². The first kappa shape index (κ1) is 23.5. The number of aromatic nitrogens is 1. The van der Waals surface area contributed by atoms with Crippen molar-refractivity contribution in [2.24, 2.45) is 11.3 Å². The van der Waals surface area contributed by atoms with Gasteiger partial charge in [-0.05, 0) is 48.4 Å². The molecule has 5 rings (SSSR count). The molecular formula is C29H33N3O3. The second-order valence-electron chi connectivity index (χ2n) is 10.1. The van der Waals surface area contributed by atoms with Gasteiger partial charge in [0, 0.05) is 60.9 Å². The predicted molar refractivity (Wildman–Crippen MR) is 136 cm³/mol. The Bertz CT molecular complexity index is 1180. The Morgan fingerprint density at radius 2 is 1.80 bits per heavy atom. The van der Waals surface area contributed by atoms with Crippen molar-refractivity contribution in [2.75, 3.05) is 39.4 Å². The quantitative estimate of drug-likeness (QED) is 0.572. The summed E-state index contributed by atoms with van der Waals surface area (Å²) in [4.78, 5) is 34.8. The van der Waals surface area contributed by atoms with Crippen molar-refractivity contribution in [1.29, 1.82) is 0 Å². The summed E-state index contributed by atoms with van der Waals surface area (Å²) in [6, 6.07) is 17.8. The van der Waals surface area contributed by atoms with Crippen molar-refractivity contribution < 1.29 is 14.3 Å². The zero-order chi connectivity index (χ0) is 24.3. The summed E-state index contributed by atoms with van der Waals surface area (Å²) in [5.41, 5.74) is 1.50. The molecular weight excluding hydrogens is 438 g/mol. The highest BCUT2D eigenvalue weighted by atomic mass is 16.5. The minimum Gasteiger partial charge on any atom is -0.379 e. The molecule has 2 aliphatic heterocycles. The zero-order valence-corrected chi connectivity index (χ0v) is 20.4. The van der Waals surface area contributed by atoms with Crippen LogP contribution >= 0.6 is 0 Å². The van der Waals surface area contributed by atoms with Gasteiger partial charge in [0.05, 0.1) is 13.2 Å². The highest BCUT2D eigenvalue weighted by Crippen LogP contribution is 2.34. The summed E-state index contributed by atoms with van der Waals surface area (Å²) >= 11 is 0. The molecule has 3 aromatic rings. The summed E-state index contributed by atoms with van der Waals surface area (Å²) in [7, 11) is 0. The van der Waals surface area contributed by atoms with E-state index < -0.39 is 5.41 Å². The Kier molecular flexibility index (Phi) is 6.82. The summed E-state index contributed by atoms with van der Waals surface area (Å²) in [6.07, 6.45) is 5.96. The highest BCUT2D eigenvalue weighted by molar-refractivity contribution is 5.94. The van der Waals surface area contributed by atoms with Crippen molar-refractivity contribution in [2.45, 2.75) is 26.2 Å². The van der Waals surface area contributed by atoms with Gasteiger partial charge in [0.2, 0.25) is 5.91 Å². The Labute approximate surface area is 206 Å². The molecule has 2 aromatic carbocycles. The molecule has 2 fully saturated rings. The van der Waals surface area contributed by atoms with Crippen LogP contribution in [0.4, 0.5) is 0 Å². The first-order valence-corrected chi connectivity index (χ1v) is 12.6. The number of pyridine rings is 1. The van der Waals surface area contributed by atoms with Crippen molar-refractivity contribution in [3.05, 3.63) is 78.1 Å². The van der Waals surface area contributed by atoms with Crippen LogP contribution in [-0.2, 0) is 16.0 Å². The third-order valence-corrected chi connectivity index (χ3v) is 7.60. The monoisotopic (exact) mass is 471 g/mol. The number of nitrogens with zero attached hydrogens (tertiary/aromatic N) is 3. The maximum Gasteiger partial charge on any atom is 0.253 e. The van der Waals surface area contributed by atoms with Crippen molar-refractivity contribution >= 4 is 22.6 Å². The second kappa shape index (κ2) is 10.2. The average Bonchev–Trinajstić information content (AvgIpc) is 3.14. The van der Waals surface area contributed by atoms with Crippen molar-refractivity contribution in [3.63, 3.8) is 0 Å². The number of amides is 2. The van der Waals surface area contributed by atoms with Gasteiger partial charge < -0.3 is 14.5 Å². The summed E-state index contributed by atoms with van der Waals surface area (Å²) in [5.74, 6) is 0.475. The van der Waals surface area contributed by atoms with Gasteiger partial charge in [0.1, 0.15) is 0 Å². The van der Waals surface area contributed by atoms with Crippen LogP contribution in [0.1, 0.15) is 35.7 Å². The fourth-order valence-corrected chi connectivity index (χ4v) is 5.42. The maximum absolute atomic E-state index is 13.7. The number of carbonyl (C=O) groups excluding carboxylic acids is 2. The minimum atomic E-state index is -0.453. The molecule has 0 radical (unpaired) electrons. The van der Waals surface area contributed by atoms with Gasteiger partial charge in [-0.2, -0.15) is 0 Å². The number of piperidine rings is 1. The molecule has 182 valence electrons. The molecule has 2 saturated heterocycles. The molecule has 2 amide bonds. The second-order valence-corrected chi connectivity index (χ2v) is 10.1. The van der Waals surface area contributed by atoms with Gasteiger partial charge in [-0.1, -0.05) is 43.3 Å². The molecule has 0 saturated carbocycles. The van der Waals surface area contributed by atoms with Gasteiger partial charge in [-0.25, -0.2) is 0 Å². The van der Waals surface area contributed by atoms with E-state index in [1.165, 1.54) is 16.3 Å². The Hall–Kier alpha value is -3.25. The van der Waals surface area contributed by atoms with Gasteiger partial charge in [-0.15, -0.1) is 0 Å². The molecule has 6 nitrogen and oxygen atoms in total. The van der Waals surface area contributed by atoms with E-state index in [9.17, 15) is 9.59 Å². The number of carbonyl (C=O) groups is 2. The zero-order valence-electron chi connectivity index (χ0n) is 20.4. The van der Waals surface area contributed by atoms with Crippen LogP contribution in [0.25, 0.3) is 10.8 Å². The molecule has 2 aliphatic rings. The van der Waals surface area contributed by atoms with Crippen LogP contribution in [0, 0.1) is 11.3 Å². The van der Waals surface area contributed by atoms with E-state index in [0.717, 1.165) is 6.42 Å². The van der Waals surface area contributed by atoms with Gasteiger partial charge in [0.25, 0.3) is 5.91 Å². The minimum absolute atomic E-state index is 0.0490. The third-order valence-electron chi connectivity index (χ3n) is 7.60. The highest BCUT2D eigenvalue weighted by Gasteiger charge is 2.41. The molecule has 1 aromatic heterocycles. The molecule has 0 spiro atoms. The Balaban J connectivity index is 1.24. The van der Waals surface area contributed by atoms with E-state index in [0.29, 0.717) is 57.8 Å². The number of ether oxygens (including phenoxy) is 1. The first-order valence-electron chi connectivity index (χ1n) is 12.6. The van der Waals surface area contributed by atoms with E-state index in [1.807, 2.05) is 58.6 Å². The lowest BCUT2D eigenvalue weighted by Crippen LogP contribution is -2.51. The SMILES string of the molecule is CC1(C(=O)N2CCOC[C@H](Cc3cccc4ccncc34)C2)CCN(C(=O)c2ccccc2)CC1. The molecule has 0 bridgehead atoms. The lowest BCUT2D eigenvalue weighted by atomic mass is 9.78. The van der Waals surface area contributed by atoms with Crippen LogP contribution in [0.2, 0.25) is 0 Å². The predicted octanol–water partition coefficient (Wildman–Crippen LogP) is 4.19. The fraction of sp³-hybridized carbons (Fsp3) is 0.414. The number of likely N-dealkylation sites (tertiary alicyclic amines) is 1. The van der Waals surface area contributed by atoms with E-state index >= 15 is 0 Å². The number of benzene rings is 2. The number of hydrogen-bond acceptors (Lipinski definition) is 4. The Morgan fingerprint density at radius 1 is 1.00 bits per heavy atom. The van der Waals surface area contributed by atoms with Crippen molar-refractivity contribution in [3.8, 4) is 0 Å². The standard InChI is InChI=1S/C29H33N3O3/c1-29(11-14-31(15-12-29)27(33)24-6-3-2-4-7-24)28(34)32-16-17-35-21-22(20-32)18-25-9-5-8-23-10-13-30-19-26(23)25/h2-10,13,19,22H,11-12,14-18,20-21H2,1H3/t22-/m1/s1. The van der Waals surface area contributed by atoms with Crippen LogP contribution in [0.5, 0.6) is 0 Å². The lowest BCUT2D eigenvalue weighted by Gasteiger charge is -2.41. The van der Waals surface area contributed by atoms with E-state index in [1.54, 1.807) is 0 Å². The van der Waals surface area contributed by atoms with E-state index in [-0.39, 0.29) is 17.7 Å². The normalized spacial score (nSPS) is 20.4. The molecule has 1 atom stereocenters. The van der Waals surface area contributed by atoms with Crippen LogP contribution < -0.4 is 0 Å². The van der Waals surface area contributed by atoms with E-state index in [2.05, 4.69) is 30.1 Å². The average molecular weight is 472 g/mol. The molecule has 35 heavy (non-hydrogen) atoms. The van der Waals surface area contributed by atoms with Crippen LogP contribution in [-0.4, -0.2) is 66.0 Å². The number of fused-ring (bicyclic) bond motifs is 1. The smallest absolute Gasteiger partial charge is 0.253 e. The summed E-state index contributed by atoms with van der Waals surface area (Å²) < 4.78 is 5.93. The van der Waals surface area contributed by atoms with E-state index in [4.69, 9.17) is 4.74 Å². The molecule has 0 N–H and O–H groups in total. The molecule has 0 aliphatic carbocycles. The van der Waals surface area contributed by atoms with Gasteiger partial charge >= 0.3 is 0 Å². The topological polar surface area (TPSA) is 62.7 Å². The van der Waals surface area contributed by atoms with Crippen molar-refractivity contribution in [1.82, 2.24) is 14.8 Å². The van der Waals surface area contributed by atoms with Gasteiger partial charge in [0.15, 0.2) is 0 Å². The Morgan fingerprint density at radius 3 is 2.60 bits per heavy atom. The van der Waals surface area contributed by atoms with Crippen LogP contribution in [0.15, 0.2) is 67.0 Å². The van der Waals surface area contributed by atoms with Gasteiger partial charge in [-0.3, -0.25) is 14.6 Å². The first-order chi connectivity index (χ1) is 17.0. The summed E-state index contributed by atoms with van der Waals surface area (Å²) in [5, 5.41) is 2.35. The number of rotatable bonds is 4. The molecule has 0 unspecified atom stereocenters. The molecule has 6 heteroatoms. The third kappa shape index (κ3) is 5.08. The largest absolute Gasteiger partial charge is 0.379 e. The molecule has 3 heterocycles.